The summed E-state index contributed by atoms with van der Waals surface area (Å²) in [5, 5.41) is 0. The number of allylic oxidation sites excluding steroid dienone is 2. The van der Waals surface area contributed by atoms with Crippen molar-refractivity contribution in [3.63, 3.8) is 0 Å². The van der Waals surface area contributed by atoms with Gasteiger partial charge in [0.1, 0.15) is 6.26 Å². The normalized spacial score (nSPS) is 21.2. The topological polar surface area (TPSA) is 52.6 Å². The molecule has 5 heteroatoms. The van der Waals surface area contributed by atoms with E-state index in [1.54, 1.807) is 13.2 Å². The molecule has 1 aliphatic rings. The summed E-state index contributed by atoms with van der Waals surface area (Å²) in [5.41, 5.74) is 2.00. The lowest BCUT2D eigenvalue weighted by atomic mass is 9.93. The highest BCUT2D eigenvalue weighted by molar-refractivity contribution is 7.88. The summed E-state index contributed by atoms with van der Waals surface area (Å²) in [7, 11) is 0. The van der Waals surface area contributed by atoms with E-state index in [1.807, 2.05) is 10.4 Å². The van der Waals surface area contributed by atoms with Gasteiger partial charge in [-0.1, -0.05) is 24.6 Å². The first-order valence-electron chi connectivity index (χ1n) is 7.97. The van der Waals surface area contributed by atoms with Crippen molar-refractivity contribution in [2.75, 3.05) is 19.4 Å². The largest absolute Gasteiger partial charge is 0.598 e. The third-order valence-electron chi connectivity index (χ3n) is 3.88. The van der Waals surface area contributed by atoms with Crippen molar-refractivity contribution in [3.8, 4) is 0 Å². The van der Waals surface area contributed by atoms with Crippen molar-refractivity contribution in [2.45, 2.75) is 53.0 Å². The Morgan fingerprint density at radius 1 is 1.59 bits per heavy atom. The summed E-state index contributed by atoms with van der Waals surface area (Å²) < 4.78 is 18.9. The molecule has 0 saturated carbocycles. The van der Waals surface area contributed by atoms with Gasteiger partial charge in [0.2, 0.25) is 0 Å². The Bertz CT molecular complexity index is 428. The molecule has 1 aliphatic heterocycles. The number of hydrogen-bond donors (Lipinski definition) is 0. The van der Waals surface area contributed by atoms with Gasteiger partial charge >= 0.3 is 5.97 Å². The molecular formula is C17H29NO3S. The predicted molar refractivity (Wildman–Crippen MR) is 91.7 cm³/mol. The highest BCUT2D eigenvalue weighted by Gasteiger charge is 2.38. The molecule has 0 aromatic rings. The van der Waals surface area contributed by atoms with Gasteiger partial charge in [0.15, 0.2) is 0 Å². The molecule has 22 heavy (non-hydrogen) atoms. The van der Waals surface area contributed by atoms with Gasteiger partial charge in [0, 0.05) is 11.4 Å². The Balaban J connectivity index is 2.69. The average Bonchev–Trinajstić information content (AvgIpc) is 2.82. The fourth-order valence-corrected chi connectivity index (χ4v) is 3.57. The molecule has 3 atom stereocenters. The number of esters is 1. The van der Waals surface area contributed by atoms with Gasteiger partial charge in [-0.05, 0) is 46.0 Å². The molecule has 0 fully saturated rings. The van der Waals surface area contributed by atoms with Crippen LogP contribution < -0.4 is 0 Å². The first kappa shape index (κ1) is 19.3. The van der Waals surface area contributed by atoms with Gasteiger partial charge < -0.3 is 9.29 Å². The van der Waals surface area contributed by atoms with Gasteiger partial charge in [0.05, 0.1) is 24.8 Å². The zero-order valence-electron chi connectivity index (χ0n) is 14.4. The quantitative estimate of drug-likeness (QED) is 0.390. The van der Waals surface area contributed by atoms with Crippen LogP contribution in [0.1, 0.15) is 47.0 Å². The second-order valence-electron chi connectivity index (χ2n) is 6.12. The minimum Gasteiger partial charge on any atom is -0.598 e. The Labute approximate surface area is 137 Å². The van der Waals surface area contributed by atoms with Crippen molar-refractivity contribution in [1.29, 1.82) is 0 Å². The van der Waals surface area contributed by atoms with E-state index in [-0.39, 0.29) is 12.0 Å². The van der Waals surface area contributed by atoms with Gasteiger partial charge in [-0.25, -0.2) is 4.79 Å². The lowest BCUT2D eigenvalue weighted by molar-refractivity contribution is -0.138. The van der Waals surface area contributed by atoms with Gasteiger partial charge in [0.25, 0.3) is 0 Å². The number of ether oxygens (including phenoxy) is 1. The maximum absolute atomic E-state index is 12.1. The molecule has 0 radical (unpaired) electrons. The minimum absolute atomic E-state index is 0.0911. The number of carbonyl (C=O) groups is 1. The second-order valence-corrected chi connectivity index (χ2v) is 7.44. The van der Waals surface area contributed by atoms with Crippen molar-refractivity contribution < 1.29 is 14.1 Å². The van der Waals surface area contributed by atoms with E-state index < -0.39 is 11.4 Å². The lowest BCUT2D eigenvalue weighted by Crippen LogP contribution is -2.39. The van der Waals surface area contributed by atoms with Crippen LogP contribution in [0.25, 0.3) is 0 Å². The van der Waals surface area contributed by atoms with Crippen LogP contribution in [0.15, 0.2) is 23.3 Å². The summed E-state index contributed by atoms with van der Waals surface area (Å²) in [6, 6.07) is -0.0911. The van der Waals surface area contributed by atoms with E-state index >= 15 is 0 Å². The molecule has 4 nitrogen and oxygen atoms in total. The van der Waals surface area contributed by atoms with Crippen LogP contribution in [-0.2, 0) is 20.9 Å². The average molecular weight is 327 g/mol. The molecule has 0 N–H and O–H groups in total. The molecule has 0 aliphatic carbocycles. The molecule has 0 spiro atoms. The van der Waals surface area contributed by atoms with Gasteiger partial charge in [-0.3, -0.25) is 0 Å². The zero-order valence-corrected chi connectivity index (χ0v) is 15.2. The molecule has 0 amide bonds. The maximum atomic E-state index is 12.1. The fraction of sp³-hybridized carbons (Fsp3) is 0.706. The monoisotopic (exact) mass is 327 g/mol. The zero-order chi connectivity index (χ0) is 16.7. The molecule has 126 valence electrons. The molecule has 1 heterocycles. The Morgan fingerprint density at radius 3 is 2.82 bits per heavy atom. The highest BCUT2D eigenvalue weighted by atomic mass is 32.2. The van der Waals surface area contributed by atoms with Gasteiger partial charge in [-0.2, -0.15) is 0 Å². The number of carbonyl (C=O) groups excluding carboxylic acids is 1. The molecule has 0 saturated heterocycles. The first-order chi connectivity index (χ1) is 10.4. The Kier molecular flexibility index (Phi) is 8.21. The van der Waals surface area contributed by atoms with Crippen molar-refractivity contribution in [2.24, 2.45) is 5.92 Å². The third-order valence-corrected chi connectivity index (χ3v) is 4.94. The predicted octanol–water partition coefficient (Wildman–Crippen LogP) is 3.23. The van der Waals surface area contributed by atoms with Crippen LogP contribution in [-0.4, -0.2) is 40.3 Å². The summed E-state index contributed by atoms with van der Waals surface area (Å²) in [6.07, 6.45) is 8.73. The van der Waals surface area contributed by atoms with Crippen LogP contribution in [0, 0.1) is 5.92 Å². The first-order valence-corrected chi connectivity index (χ1v) is 9.49. The Hall–Kier alpha value is -0.780. The molecule has 1 rings (SSSR count). The van der Waals surface area contributed by atoms with E-state index in [0.717, 1.165) is 19.3 Å². The van der Waals surface area contributed by atoms with Crippen LogP contribution in [0.4, 0.5) is 0 Å². The summed E-state index contributed by atoms with van der Waals surface area (Å²) in [4.78, 5) is 12.1. The number of rotatable bonds is 8. The summed E-state index contributed by atoms with van der Waals surface area (Å²) >= 11 is -1.08. The van der Waals surface area contributed by atoms with Crippen LogP contribution >= 0.6 is 0 Å². The molecular weight excluding hydrogens is 298 g/mol. The fourth-order valence-electron chi connectivity index (χ4n) is 2.72. The van der Waals surface area contributed by atoms with Crippen molar-refractivity contribution in [3.05, 3.63) is 23.3 Å². The van der Waals surface area contributed by atoms with E-state index in [0.29, 0.717) is 24.6 Å². The molecule has 0 unspecified atom stereocenters. The van der Waals surface area contributed by atoms with Crippen LogP contribution in [0.5, 0.6) is 0 Å². The summed E-state index contributed by atoms with van der Waals surface area (Å²) in [5.74, 6) is 0.194. The Morgan fingerprint density at radius 2 is 2.27 bits per heavy atom. The van der Waals surface area contributed by atoms with E-state index in [4.69, 9.17) is 4.74 Å². The van der Waals surface area contributed by atoms with Crippen LogP contribution in [0.3, 0.4) is 0 Å². The molecule has 0 aromatic carbocycles. The van der Waals surface area contributed by atoms with E-state index in [9.17, 15) is 9.35 Å². The van der Waals surface area contributed by atoms with Gasteiger partial charge in [-0.15, -0.1) is 4.31 Å². The minimum atomic E-state index is -1.08. The smallest absolute Gasteiger partial charge is 0.335 e. The maximum Gasteiger partial charge on any atom is 0.335 e. The van der Waals surface area contributed by atoms with Crippen molar-refractivity contribution >= 4 is 17.3 Å². The third kappa shape index (κ3) is 5.78. The van der Waals surface area contributed by atoms with E-state index in [2.05, 4.69) is 26.8 Å². The summed E-state index contributed by atoms with van der Waals surface area (Å²) in [6.45, 7) is 9.13. The highest BCUT2D eigenvalue weighted by Crippen LogP contribution is 2.29. The number of hydrogen-bond acceptors (Lipinski definition) is 4. The SMILES string of the molecule is CCOC(=O)C1=CCN([S@@+](C)[O-])[C@@H]1C[C@@H](C)CCC=C(C)C. The van der Waals surface area contributed by atoms with Crippen LogP contribution in [0.2, 0.25) is 0 Å². The molecule has 0 aromatic heterocycles. The molecule has 0 bridgehead atoms. The second kappa shape index (κ2) is 9.38. The van der Waals surface area contributed by atoms with E-state index in [1.165, 1.54) is 5.57 Å². The lowest BCUT2D eigenvalue weighted by Gasteiger charge is -2.27. The standard InChI is InChI=1S/C17H29NO3S/c1-6-21-17(19)15-10-11-18(22(5)20)16(15)12-14(4)9-7-8-13(2)3/h8,10,14,16H,6-7,9,11-12H2,1-5H3/t14-,16+,22+/m0/s1. The number of nitrogens with zero attached hydrogens (tertiary/aromatic N) is 1. The van der Waals surface area contributed by atoms with Crippen molar-refractivity contribution in [1.82, 2.24) is 4.31 Å².